The van der Waals surface area contributed by atoms with Gasteiger partial charge in [0.1, 0.15) is 0 Å². The number of benzene rings is 1. The van der Waals surface area contributed by atoms with E-state index in [1.807, 2.05) is 23.8 Å². The Balaban J connectivity index is 1.73. The van der Waals surface area contributed by atoms with Gasteiger partial charge in [0.25, 0.3) is 0 Å². The number of carbonyl (C=O) groups excluding carboxylic acids is 1. The number of anilines is 1. The molecule has 0 aliphatic rings. The van der Waals surface area contributed by atoms with E-state index in [0.29, 0.717) is 18.0 Å². The summed E-state index contributed by atoms with van der Waals surface area (Å²) >= 11 is 7.35. The second kappa shape index (κ2) is 8.29. The number of hydrogen-bond donors (Lipinski definition) is 3. The smallest absolute Gasteiger partial charge is 0.225 e. The summed E-state index contributed by atoms with van der Waals surface area (Å²) in [4.78, 5) is 11.9. The lowest BCUT2D eigenvalue weighted by Crippen LogP contribution is -2.33. The van der Waals surface area contributed by atoms with Crippen molar-refractivity contribution in [2.75, 3.05) is 11.9 Å². The van der Waals surface area contributed by atoms with Gasteiger partial charge in [-0.1, -0.05) is 11.6 Å². The number of nitrogens with one attached hydrogen (secondary N) is 2. The van der Waals surface area contributed by atoms with E-state index in [9.17, 15) is 9.90 Å². The van der Waals surface area contributed by atoms with Crippen LogP contribution >= 0.6 is 22.9 Å². The zero-order valence-corrected chi connectivity index (χ0v) is 13.8. The molecule has 0 aliphatic carbocycles. The van der Waals surface area contributed by atoms with E-state index in [1.165, 1.54) is 0 Å². The van der Waals surface area contributed by atoms with E-state index in [2.05, 4.69) is 10.6 Å². The number of aliphatic hydroxyl groups is 1. The zero-order chi connectivity index (χ0) is 15.9. The molecule has 22 heavy (non-hydrogen) atoms. The molecule has 118 valence electrons. The van der Waals surface area contributed by atoms with Crippen LogP contribution < -0.4 is 10.6 Å². The molecule has 2 rings (SSSR count). The third-order valence-corrected chi connectivity index (χ3v) is 4.16. The molecule has 1 aromatic carbocycles. The Kier molecular flexibility index (Phi) is 6.39. The Hall–Kier alpha value is -1.40. The topological polar surface area (TPSA) is 61.4 Å². The fourth-order valence-corrected chi connectivity index (χ4v) is 2.82. The van der Waals surface area contributed by atoms with Crippen molar-refractivity contribution < 1.29 is 9.90 Å². The van der Waals surface area contributed by atoms with E-state index in [1.54, 1.807) is 35.6 Å². The predicted octanol–water partition coefficient (Wildman–Crippen LogP) is 3.44. The molecule has 1 aromatic heterocycles. The van der Waals surface area contributed by atoms with Crippen LogP contribution in [0.3, 0.4) is 0 Å². The van der Waals surface area contributed by atoms with Gasteiger partial charge in [-0.25, -0.2) is 0 Å². The van der Waals surface area contributed by atoms with E-state index in [-0.39, 0.29) is 11.9 Å². The van der Waals surface area contributed by atoms with Crippen LogP contribution in [0, 0.1) is 0 Å². The number of amides is 1. The average molecular weight is 339 g/mol. The fourth-order valence-electron chi connectivity index (χ4n) is 1.99. The van der Waals surface area contributed by atoms with Gasteiger partial charge in [0.15, 0.2) is 0 Å². The van der Waals surface area contributed by atoms with Crippen LogP contribution in [0.4, 0.5) is 5.69 Å². The molecule has 6 heteroatoms. The summed E-state index contributed by atoms with van der Waals surface area (Å²) in [6.45, 7) is 2.34. The number of carbonyl (C=O) groups is 1. The molecule has 0 radical (unpaired) electrons. The van der Waals surface area contributed by atoms with Crippen LogP contribution in [0.15, 0.2) is 41.1 Å². The molecule has 2 atom stereocenters. The number of thiophene rings is 1. The van der Waals surface area contributed by atoms with E-state index in [0.717, 1.165) is 11.3 Å². The first-order valence-corrected chi connectivity index (χ1v) is 8.35. The van der Waals surface area contributed by atoms with Crippen molar-refractivity contribution in [3.63, 3.8) is 0 Å². The molecule has 0 bridgehead atoms. The summed E-state index contributed by atoms with van der Waals surface area (Å²) in [6, 6.07) is 8.86. The Morgan fingerprint density at radius 1 is 1.32 bits per heavy atom. The van der Waals surface area contributed by atoms with Crippen LogP contribution in [0.5, 0.6) is 0 Å². The van der Waals surface area contributed by atoms with E-state index < -0.39 is 6.10 Å². The second-order valence-electron chi connectivity index (χ2n) is 5.14. The van der Waals surface area contributed by atoms with Gasteiger partial charge in [0.2, 0.25) is 5.91 Å². The summed E-state index contributed by atoms with van der Waals surface area (Å²) in [5, 5.41) is 20.5. The van der Waals surface area contributed by atoms with Crippen LogP contribution in [0.1, 0.15) is 25.0 Å². The van der Waals surface area contributed by atoms with Crippen LogP contribution in [-0.2, 0) is 4.79 Å². The van der Waals surface area contributed by atoms with Gasteiger partial charge < -0.3 is 15.7 Å². The van der Waals surface area contributed by atoms with Gasteiger partial charge in [0, 0.05) is 29.7 Å². The zero-order valence-electron chi connectivity index (χ0n) is 12.3. The lowest BCUT2D eigenvalue weighted by Gasteiger charge is -2.16. The predicted molar refractivity (Wildman–Crippen MR) is 91.4 cm³/mol. The lowest BCUT2D eigenvalue weighted by atomic mass is 10.1. The molecule has 0 aliphatic heterocycles. The monoisotopic (exact) mass is 338 g/mol. The molecular formula is C16H19ClN2O2S. The minimum atomic E-state index is -0.548. The van der Waals surface area contributed by atoms with Gasteiger partial charge in [-0.05, 0) is 53.6 Å². The molecule has 1 heterocycles. The van der Waals surface area contributed by atoms with Crippen LogP contribution in [0.2, 0.25) is 5.02 Å². The van der Waals surface area contributed by atoms with Crippen molar-refractivity contribution in [2.45, 2.75) is 25.5 Å². The minimum Gasteiger partial charge on any atom is -0.387 e. The number of halogens is 1. The lowest BCUT2D eigenvalue weighted by molar-refractivity contribution is -0.116. The summed E-state index contributed by atoms with van der Waals surface area (Å²) in [5.41, 5.74) is 1.62. The SMILES string of the molecule is CC(CC(=O)Nc1ccc(Cl)cc1)NCC(O)c1ccsc1. The van der Waals surface area contributed by atoms with Gasteiger partial charge >= 0.3 is 0 Å². The van der Waals surface area contributed by atoms with Crippen molar-refractivity contribution >= 4 is 34.5 Å². The van der Waals surface area contributed by atoms with Gasteiger partial charge in [-0.2, -0.15) is 11.3 Å². The standard InChI is InChI=1S/C16H19ClN2O2S/c1-11(18-9-15(20)12-6-7-22-10-12)8-16(21)19-14-4-2-13(17)3-5-14/h2-7,10-11,15,18,20H,8-9H2,1H3,(H,19,21). The highest BCUT2D eigenvalue weighted by atomic mass is 35.5. The molecule has 0 fully saturated rings. The third-order valence-electron chi connectivity index (χ3n) is 3.21. The largest absolute Gasteiger partial charge is 0.387 e. The highest BCUT2D eigenvalue weighted by Crippen LogP contribution is 2.16. The molecule has 2 aromatic rings. The third kappa shape index (κ3) is 5.42. The summed E-state index contributed by atoms with van der Waals surface area (Å²) in [6.07, 6.45) is -0.216. The first kappa shape index (κ1) is 17.0. The first-order valence-electron chi connectivity index (χ1n) is 7.03. The van der Waals surface area contributed by atoms with Gasteiger partial charge in [-0.15, -0.1) is 0 Å². The maximum Gasteiger partial charge on any atom is 0.225 e. The minimum absolute atomic E-state index is 0.0272. The van der Waals surface area contributed by atoms with Gasteiger partial charge in [-0.3, -0.25) is 4.79 Å². The molecule has 1 amide bonds. The Morgan fingerprint density at radius 3 is 2.68 bits per heavy atom. The van der Waals surface area contributed by atoms with Crippen LogP contribution in [-0.4, -0.2) is 23.6 Å². The number of aliphatic hydroxyl groups excluding tert-OH is 1. The van der Waals surface area contributed by atoms with Crippen molar-refractivity contribution in [3.05, 3.63) is 51.7 Å². The summed E-state index contributed by atoms with van der Waals surface area (Å²) in [5.74, 6) is -0.0765. The van der Waals surface area contributed by atoms with Gasteiger partial charge in [0.05, 0.1) is 6.10 Å². The number of hydrogen-bond acceptors (Lipinski definition) is 4. The first-order chi connectivity index (χ1) is 10.5. The Morgan fingerprint density at radius 2 is 2.05 bits per heavy atom. The fraction of sp³-hybridized carbons (Fsp3) is 0.312. The molecule has 3 N–H and O–H groups in total. The molecule has 2 unspecified atom stereocenters. The summed E-state index contributed by atoms with van der Waals surface area (Å²) in [7, 11) is 0. The highest BCUT2D eigenvalue weighted by Gasteiger charge is 2.12. The molecule has 0 saturated heterocycles. The number of rotatable bonds is 7. The second-order valence-corrected chi connectivity index (χ2v) is 6.36. The maximum atomic E-state index is 11.9. The van der Waals surface area contributed by atoms with E-state index >= 15 is 0 Å². The van der Waals surface area contributed by atoms with E-state index in [4.69, 9.17) is 11.6 Å². The molecule has 4 nitrogen and oxygen atoms in total. The summed E-state index contributed by atoms with van der Waals surface area (Å²) < 4.78 is 0. The van der Waals surface area contributed by atoms with Crippen molar-refractivity contribution in [3.8, 4) is 0 Å². The van der Waals surface area contributed by atoms with Crippen molar-refractivity contribution in [1.29, 1.82) is 0 Å². The Bertz CT molecular complexity index is 587. The normalized spacial score (nSPS) is 13.6. The Labute approximate surface area is 139 Å². The average Bonchev–Trinajstić information content (AvgIpc) is 3.01. The highest BCUT2D eigenvalue weighted by molar-refractivity contribution is 7.07. The molecular weight excluding hydrogens is 320 g/mol. The molecule has 0 saturated carbocycles. The molecule has 0 spiro atoms. The van der Waals surface area contributed by atoms with Crippen molar-refractivity contribution in [1.82, 2.24) is 5.32 Å². The quantitative estimate of drug-likeness (QED) is 0.724. The van der Waals surface area contributed by atoms with Crippen molar-refractivity contribution in [2.24, 2.45) is 0 Å². The maximum absolute atomic E-state index is 11.9. The van der Waals surface area contributed by atoms with Crippen LogP contribution in [0.25, 0.3) is 0 Å².